The van der Waals surface area contributed by atoms with Crippen LogP contribution in [0.25, 0.3) is 76.9 Å². The van der Waals surface area contributed by atoms with Crippen LogP contribution >= 0.6 is 0 Å². The van der Waals surface area contributed by atoms with Gasteiger partial charge in [-0.05, 0) is 86.3 Å². The first-order chi connectivity index (χ1) is 25.8. The average Bonchev–Trinajstić information content (AvgIpc) is 3.61. The van der Waals surface area contributed by atoms with Gasteiger partial charge < -0.3 is 9.32 Å². The highest BCUT2D eigenvalue weighted by atomic mass is 16.3. The molecule has 1 heterocycles. The largest absolute Gasteiger partial charge is 0.455 e. The van der Waals surface area contributed by atoms with Crippen molar-refractivity contribution in [3.63, 3.8) is 0 Å². The van der Waals surface area contributed by atoms with Crippen LogP contribution in [0, 0.1) is 0 Å². The third-order valence-corrected chi connectivity index (χ3v) is 10.3. The first-order valence-electron chi connectivity index (χ1n) is 17.8. The normalized spacial score (nSPS) is 11.5. The highest BCUT2D eigenvalue weighted by Gasteiger charge is 2.20. The van der Waals surface area contributed by atoms with E-state index in [0.717, 1.165) is 55.7 Å². The molecule has 0 aliphatic heterocycles. The lowest BCUT2D eigenvalue weighted by Crippen LogP contribution is -2.11. The van der Waals surface area contributed by atoms with E-state index in [9.17, 15) is 0 Å². The molecule has 0 saturated heterocycles. The predicted octanol–water partition coefficient (Wildman–Crippen LogP) is 14.4. The Labute approximate surface area is 302 Å². The average molecular weight is 664 g/mol. The lowest BCUT2D eigenvalue weighted by molar-refractivity contribution is 0.670. The van der Waals surface area contributed by atoms with E-state index in [1.807, 2.05) is 12.1 Å². The van der Waals surface area contributed by atoms with Crippen LogP contribution < -0.4 is 4.90 Å². The third kappa shape index (κ3) is 5.04. The molecule has 0 spiro atoms. The van der Waals surface area contributed by atoms with Gasteiger partial charge in [-0.2, -0.15) is 0 Å². The number of benzene rings is 9. The molecule has 0 N–H and O–H groups in total. The molecule has 2 nitrogen and oxygen atoms in total. The summed E-state index contributed by atoms with van der Waals surface area (Å²) in [7, 11) is 0. The fraction of sp³-hybridized carbons (Fsp3) is 0. The summed E-state index contributed by atoms with van der Waals surface area (Å²) < 4.78 is 6.41. The zero-order valence-electron chi connectivity index (χ0n) is 28.4. The second-order valence-electron chi connectivity index (χ2n) is 13.3. The van der Waals surface area contributed by atoms with Crippen LogP contribution in [0.3, 0.4) is 0 Å². The summed E-state index contributed by atoms with van der Waals surface area (Å²) in [5.74, 6) is 0. The Balaban J connectivity index is 1.15. The highest BCUT2D eigenvalue weighted by Crippen LogP contribution is 2.45. The minimum atomic E-state index is 0.908. The van der Waals surface area contributed by atoms with Gasteiger partial charge in [-0.25, -0.2) is 0 Å². The van der Waals surface area contributed by atoms with E-state index >= 15 is 0 Å². The van der Waals surface area contributed by atoms with E-state index in [1.54, 1.807) is 0 Å². The summed E-state index contributed by atoms with van der Waals surface area (Å²) in [5.41, 5.74) is 12.0. The summed E-state index contributed by atoms with van der Waals surface area (Å²) in [6, 6.07) is 71.7. The molecule has 0 amide bonds. The minimum absolute atomic E-state index is 0.908. The Kier molecular flexibility index (Phi) is 7.18. The number of fused-ring (bicyclic) bond motifs is 6. The van der Waals surface area contributed by atoms with Crippen molar-refractivity contribution in [1.29, 1.82) is 0 Å². The van der Waals surface area contributed by atoms with E-state index in [-0.39, 0.29) is 0 Å². The predicted molar refractivity (Wildman–Crippen MR) is 220 cm³/mol. The van der Waals surface area contributed by atoms with E-state index in [0.29, 0.717) is 0 Å². The highest BCUT2D eigenvalue weighted by molar-refractivity contribution is 6.14. The van der Waals surface area contributed by atoms with Crippen molar-refractivity contribution in [1.82, 2.24) is 0 Å². The SMILES string of the molecule is c1ccc(-c2cc(-c3cccc4ccc5ccccc5c34)ccc2N(c2ccccc2)c2ccc(-c3cccc4c3oc3ccccc34)cc2)cc1. The molecule has 0 fully saturated rings. The maximum Gasteiger partial charge on any atom is 0.143 e. The first-order valence-corrected chi connectivity index (χ1v) is 17.8. The number of nitrogens with zero attached hydrogens (tertiary/aromatic N) is 1. The maximum atomic E-state index is 6.41. The molecule has 10 rings (SSSR count). The molecule has 0 atom stereocenters. The van der Waals surface area contributed by atoms with E-state index < -0.39 is 0 Å². The van der Waals surface area contributed by atoms with E-state index in [2.05, 4.69) is 193 Å². The fourth-order valence-electron chi connectivity index (χ4n) is 7.82. The number of rotatable bonds is 6. The van der Waals surface area contributed by atoms with Crippen LogP contribution in [0.2, 0.25) is 0 Å². The van der Waals surface area contributed by atoms with Gasteiger partial charge in [0.1, 0.15) is 11.2 Å². The molecule has 2 heteroatoms. The Bertz CT molecular complexity index is 2890. The summed E-state index contributed by atoms with van der Waals surface area (Å²) in [5, 5.41) is 7.31. The molecule has 0 aliphatic carbocycles. The molecular formula is C50H33NO. The Morgan fingerprint density at radius 3 is 1.79 bits per heavy atom. The lowest BCUT2D eigenvalue weighted by Gasteiger charge is -2.28. The van der Waals surface area contributed by atoms with Crippen molar-refractivity contribution in [2.75, 3.05) is 4.90 Å². The van der Waals surface area contributed by atoms with Crippen LogP contribution in [0.4, 0.5) is 17.1 Å². The van der Waals surface area contributed by atoms with Crippen molar-refractivity contribution in [2.24, 2.45) is 0 Å². The molecule has 9 aromatic carbocycles. The summed E-state index contributed by atoms with van der Waals surface area (Å²) in [4.78, 5) is 2.37. The quantitative estimate of drug-likeness (QED) is 0.165. The molecular weight excluding hydrogens is 631 g/mol. The van der Waals surface area contributed by atoms with Crippen molar-refractivity contribution in [2.45, 2.75) is 0 Å². The first kappa shape index (κ1) is 30.0. The van der Waals surface area contributed by atoms with Crippen molar-refractivity contribution < 1.29 is 4.42 Å². The number of hydrogen-bond donors (Lipinski definition) is 0. The van der Waals surface area contributed by atoms with Gasteiger partial charge in [-0.1, -0.05) is 158 Å². The summed E-state index contributed by atoms with van der Waals surface area (Å²) >= 11 is 0. The standard InChI is InChI=1S/C50H33NO/c1-3-13-34(14-4-1)46-33-38(42-21-11-16-37-26-25-35-15-7-8-19-41(35)49(37)42)29-32-47(46)51(39-17-5-2-6-18-39)40-30-27-36(28-31-40)43-22-12-23-45-44-20-9-10-24-48(44)52-50(43)45/h1-33H. The van der Waals surface area contributed by atoms with Gasteiger partial charge in [0.05, 0.1) is 5.69 Å². The van der Waals surface area contributed by atoms with Gasteiger partial charge in [0.15, 0.2) is 0 Å². The van der Waals surface area contributed by atoms with Crippen LogP contribution in [-0.4, -0.2) is 0 Å². The van der Waals surface area contributed by atoms with E-state index in [4.69, 9.17) is 4.42 Å². The molecule has 244 valence electrons. The van der Waals surface area contributed by atoms with Crippen LogP contribution in [0.15, 0.2) is 205 Å². The van der Waals surface area contributed by atoms with Gasteiger partial charge in [-0.15, -0.1) is 0 Å². The zero-order valence-corrected chi connectivity index (χ0v) is 28.4. The number of para-hydroxylation sites is 3. The van der Waals surface area contributed by atoms with Crippen molar-refractivity contribution in [3.8, 4) is 33.4 Å². The molecule has 52 heavy (non-hydrogen) atoms. The molecule has 10 aromatic rings. The zero-order chi connectivity index (χ0) is 34.4. The van der Waals surface area contributed by atoms with Gasteiger partial charge >= 0.3 is 0 Å². The Morgan fingerprint density at radius 1 is 0.346 bits per heavy atom. The number of hydrogen-bond acceptors (Lipinski definition) is 2. The fourth-order valence-corrected chi connectivity index (χ4v) is 7.82. The van der Waals surface area contributed by atoms with Gasteiger partial charge in [0, 0.05) is 33.3 Å². The third-order valence-electron chi connectivity index (χ3n) is 10.3. The van der Waals surface area contributed by atoms with E-state index in [1.165, 1.54) is 38.2 Å². The Morgan fingerprint density at radius 2 is 0.942 bits per heavy atom. The maximum absolute atomic E-state index is 6.41. The van der Waals surface area contributed by atoms with Crippen LogP contribution in [0.1, 0.15) is 0 Å². The molecule has 0 bridgehead atoms. The molecule has 0 radical (unpaired) electrons. The van der Waals surface area contributed by atoms with Crippen LogP contribution in [-0.2, 0) is 0 Å². The number of furan rings is 1. The van der Waals surface area contributed by atoms with Gasteiger partial charge in [0.25, 0.3) is 0 Å². The molecule has 1 aromatic heterocycles. The molecule has 0 aliphatic rings. The van der Waals surface area contributed by atoms with Gasteiger partial charge in [0.2, 0.25) is 0 Å². The number of anilines is 3. The van der Waals surface area contributed by atoms with Crippen LogP contribution in [0.5, 0.6) is 0 Å². The lowest BCUT2D eigenvalue weighted by atomic mass is 9.91. The summed E-state index contributed by atoms with van der Waals surface area (Å²) in [6.45, 7) is 0. The van der Waals surface area contributed by atoms with Crippen molar-refractivity contribution in [3.05, 3.63) is 200 Å². The second kappa shape index (κ2) is 12.5. The monoisotopic (exact) mass is 663 g/mol. The van der Waals surface area contributed by atoms with Gasteiger partial charge in [-0.3, -0.25) is 0 Å². The second-order valence-corrected chi connectivity index (χ2v) is 13.3. The van der Waals surface area contributed by atoms with Crippen molar-refractivity contribution >= 4 is 60.5 Å². The Hall–Kier alpha value is -6.90. The molecule has 0 saturated carbocycles. The topological polar surface area (TPSA) is 16.4 Å². The summed E-state index contributed by atoms with van der Waals surface area (Å²) in [6.07, 6.45) is 0. The molecule has 0 unspecified atom stereocenters. The smallest absolute Gasteiger partial charge is 0.143 e. The minimum Gasteiger partial charge on any atom is -0.455 e.